The Bertz CT molecular complexity index is 1860. The van der Waals surface area contributed by atoms with Crippen molar-refractivity contribution in [3.8, 4) is 0 Å². The number of allylic oxidation sites excluding steroid dienone is 2. The smallest absolute Gasteiger partial charge is 0.337 e. The molecule has 0 spiro atoms. The summed E-state index contributed by atoms with van der Waals surface area (Å²) in [6.45, 7) is 2.07. The fourth-order valence-corrected chi connectivity index (χ4v) is 9.36. The third-order valence-electron chi connectivity index (χ3n) is 13.2. The number of carbonyl (C=O) groups is 4. The van der Waals surface area contributed by atoms with Gasteiger partial charge in [-0.1, -0.05) is 19.1 Å². The second kappa shape index (κ2) is 24.6. The van der Waals surface area contributed by atoms with Crippen molar-refractivity contribution in [2.45, 2.75) is 120 Å². The molecule has 4 heterocycles. The molecule has 1 saturated carbocycles. The number of methoxy groups -OCH3 is 2. The van der Waals surface area contributed by atoms with E-state index in [9.17, 15) is 70.2 Å². The molecule has 24 nitrogen and oxygen atoms in total. The van der Waals surface area contributed by atoms with Gasteiger partial charge in [0.25, 0.3) is 0 Å². The largest absolute Gasteiger partial charge is 0.468 e. The molecule has 3 fully saturated rings. The van der Waals surface area contributed by atoms with Gasteiger partial charge in [0, 0.05) is 53.9 Å². The van der Waals surface area contributed by atoms with E-state index in [2.05, 4.69) is 0 Å². The fourth-order valence-electron chi connectivity index (χ4n) is 9.36. The molecule has 2 saturated heterocycles. The van der Waals surface area contributed by atoms with Crippen molar-refractivity contribution in [1.82, 2.24) is 0 Å². The van der Waals surface area contributed by atoms with Crippen LogP contribution in [0.2, 0.25) is 0 Å². The van der Waals surface area contributed by atoms with Crippen LogP contribution < -0.4 is 0 Å². The van der Waals surface area contributed by atoms with Crippen molar-refractivity contribution >= 4 is 23.9 Å². The summed E-state index contributed by atoms with van der Waals surface area (Å²) >= 11 is 0. The zero-order valence-corrected chi connectivity index (χ0v) is 38.1. The summed E-state index contributed by atoms with van der Waals surface area (Å²) in [6.07, 6.45) is -16.0. The Labute approximate surface area is 390 Å². The summed E-state index contributed by atoms with van der Waals surface area (Å²) in [4.78, 5) is 53.6. The van der Waals surface area contributed by atoms with Crippen LogP contribution in [-0.2, 0) is 66.5 Å². The minimum atomic E-state index is -1.80. The number of ether oxygens (including phenoxy) is 10. The molecule has 5 aliphatic rings. The quantitative estimate of drug-likeness (QED) is 0.0365. The zero-order valence-electron chi connectivity index (χ0n) is 38.1. The lowest BCUT2D eigenvalue weighted by Gasteiger charge is -2.42. The molecular weight excluding hydrogens is 912 g/mol. The maximum atomic E-state index is 13.9. The number of aliphatic hydroxyl groups is 10. The van der Waals surface area contributed by atoms with Crippen LogP contribution in [0.3, 0.4) is 0 Å². The van der Waals surface area contributed by atoms with E-state index < -0.39 is 173 Å². The first-order valence-corrected chi connectivity index (χ1v) is 22.1. The highest BCUT2D eigenvalue weighted by molar-refractivity contribution is 5.91. The van der Waals surface area contributed by atoms with E-state index in [1.54, 1.807) is 20.8 Å². The molecule has 10 N–H and O–H groups in total. The van der Waals surface area contributed by atoms with Gasteiger partial charge in [0.2, 0.25) is 12.6 Å². The molecule has 0 aromatic heterocycles. The minimum absolute atomic E-state index is 0.103. The summed E-state index contributed by atoms with van der Waals surface area (Å²) in [5, 5.41) is 102. The van der Waals surface area contributed by atoms with Gasteiger partial charge < -0.3 is 98.4 Å². The molecule has 4 aliphatic heterocycles. The van der Waals surface area contributed by atoms with Crippen molar-refractivity contribution in [1.29, 1.82) is 0 Å². The Balaban J connectivity index is 1.29. The third-order valence-corrected chi connectivity index (χ3v) is 13.2. The predicted octanol–water partition coefficient (Wildman–Crippen LogP) is -3.32. The number of hydrogen-bond donors (Lipinski definition) is 10. The van der Waals surface area contributed by atoms with E-state index in [1.165, 1.54) is 12.2 Å². The normalized spacial score (nSPS) is 38.5. The highest BCUT2D eigenvalue weighted by atomic mass is 16.8. The summed E-state index contributed by atoms with van der Waals surface area (Å²) in [5.41, 5.74) is 0.144. The average molecular weight is 977 g/mol. The van der Waals surface area contributed by atoms with E-state index in [1.807, 2.05) is 0 Å². The van der Waals surface area contributed by atoms with E-state index in [-0.39, 0.29) is 41.2 Å². The fraction of sp³-hybridized carbons (Fsp3) is 0.727. The molecule has 0 radical (unpaired) electrons. The number of esters is 4. The van der Waals surface area contributed by atoms with Gasteiger partial charge >= 0.3 is 23.9 Å². The molecule has 0 aromatic carbocycles. The van der Waals surface area contributed by atoms with E-state index >= 15 is 0 Å². The molecule has 68 heavy (non-hydrogen) atoms. The number of aliphatic hydroxyl groups excluding tert-OH is 10. The second-order valence-corrected chi connectivity index (χ2v) is 17.1. The first kappa shape index (κ1) is 54.8. The molecule has 24 heteroatoms. The topological polar surface area (TPSA) is 363 Å². The second-order valence-electron chi connectivity index (χ2n) is 17.1. The summed E-state index contributed by atoms with van der Waals surface area (Å²) < 4.78 is 55.5. The van der Waals surface area contributed by atoms with Gasteiger partial charge in [0.1, 0.15) is 54.9 Å². The Morgan fingerprint density at radius 2 is 1.12 bits per heavy atom. The molecule has 0 amide bonds. The average Bonchev–Trinajstić information content (AvgIpc) is 3.63. The van der Waals surface area contributed by atoms with Crippen LogP contribution in [0.25, 0.3) is 0 Å². The van der Waals surface area contributed by atoms with Crippen molar-refractivity contribution in [2.24, 2.45) is 35.5 Å². The molecule has 5 rings (SSSR count). The van der Waals surface area contributed by atoms with Crippen LogP contribution in [-0.4, -0.2) is 202 Å². The van der Waals surface area contributed by atoms with Crippen LogP contribution in [0, 0.1) is 35.5 Å². The maximum absolute atomic E-state index is 13.9. The molecule has 1 aliphatic carbocycles. The van der Waals surface area contributed by atoms with Crippen LogP contribution >= 0.6 is 0 Å². The van der Waals surface area contributed by atoms with Crippen molar-refractivity contribution < 1.29 is 118 Å². The Morgan fingerprint density at radius 1 is 0.676 bits per heavy atom. The van der Waals surface area contributed by atoms with E-state index in [4.69, 9.17) is 47.4 Å². The zero-order chi connectivity index (χ0) is 50.1. The lowest BCUT2D eigenvalue weighted by molar-refractivity contribution is -0.327. The van der Waals surface area contributed by atoms with Gasteiger partial charge in [-0.3, -0.25) is 9.59 Å². The first-order chi connectivity index (χ1) is 32.4. The molecule has 18 atom stereocenters. The first-order valence-electron chi connectivity index (χ1n) is 22.1. The van der Waals surface area contributed by atoms with E-state index in [0.717, 1.165) is 26.7 Å². The molecule has 0 unspecified atom stereocenters. The summed E-state index contributed by atoms with van der Waals surface area (Å²) in [5.74, 6) is -8.16. The van der Waals surface area contributed by atoms with Gasteiger partial charge in [-0.15, -0.1) is 0 Å². The lowest BCUT2D eigenvalue weighted by Crippen LogP contribution is -2.60. The highest BCUT2D eigenvalue weighted by Gasteiger charge is 2.51. The summed E-state index contributed by atoms with van der Waals surface area (Å²) in [6, 6.07) is 0. The Kier molecular flexibility index (Phi) is 19.9. The van der Waals surface area contributed by atoms with Crippen LogP contribution in [0.4, 0.5) is 0 Å². The minimum Gasteiger partial charge on any atom is -0.468 e. The van der Waals surface area contributed by atoms with Crippen LogP contribution in [0.1, 0.15) is 40.0 Å². The molecular formula is C44H64O24. The molecule has 384 valence electrons. The number of rotatable bonds is 18. The standard InChI is InChI=1S/C44H64O24/c1-6-20-22(25(39(57)59-4)16-62-41(20)67-43-37(55)35(53)33(51)28(13-47)65-43)9-30(49)61-15-24-18(3)8-27(32(24)19(11-45)12-46)64-31(50)10-23-21(7-2)42(63-17-26(23)40(58)60-5)68-44-38(56)36(54)34(52)29(14-48)66-44/h6-7,16-19,22-24,27-29,32-38,41-48,51-56H,8-15H2,1-5H3/b20-6+,21-7+/t18-,22-,23-,24+,27-,28+,29+,32-,33+,34+,35-,36-,37+,38+,41-,42-,43-,44-/m0/s1. The SMILES string of the molecule is C/C=C1/[C@H](O[C@@H]2O[C@H](CO)[C@@H](O)[C@H](O)[C@H]2O)OC=C(C(=O)OC)[C@H]1CC(=O)OC[C@H]1[C@H](C(CO)CO)[C@@H](OC(=O)C[C@@H]2C(C(=O)OC)=CO[C@@H](O[C@@H]3O[C@H](CO)[C@@H](O)[C@H](O)[C@H]3O)/C2=C/C)C[C@@H]1C. The molecule has 0 aromatic rings. The van der Waals surface area contributed by atoms with Crippen LogP contribution in [0.5, 0.6) is 0 Å². The van der Waals surface area contributed by atoms with Crippen molar-refractivity contribution in [3.05, 3.63) is 47.0 Å². The van der Waals surface area contributed by atoms with Gasteiger partial charge in [-0.25, -0.2) is 9.59 Å². The monoisotopic (exact) mass is 976 g/mol. The molecule has 0 bridgehead atoms. The third kappa shape index (κ3) is 11.9. The van der Waals surface area contributed by atoms with Gasteiger partial charge in [0.15, 0.2) is 12.6 Å². The van der Waals surface area contributed by atoms with E-state index in [0.29, 0.717) is 0 Å². The van der Waals surface area contributed by atoms with Crippen molar-refractivity contribution in [2.75, 3.05) is 47.3 Å². The Hall–Kier alpha value is -4.12. The highest BCUT2D eigenvalue weighted by Crippen LogP contribution is 2.45. The van der Waals surface area contributed by atoms with Crippen LogP contribution in [0.15, 0.2) is 47.0 Å². The van der Waals surface area contributed by atoms with Gasteiger partial charge in [0.05, 0.1) is 70.6 Å². The predicted molar refractivity (Wildman–Crippen MR) is 223 cm³/mol. The maximum Gasteiger partial charge on any atom is 0.337 e. The lowest BCUT2D eigenvalue weighted by atomic mass is 9.81. The van der Waals surface area contributed by atoms with Gasteiger partial charge in [-0.05, 0) is 26.2 Å². The number of hydrogen-bond acceptors (Lipinski definition) is 24. The number of carbonyl (C=O) groups excluding carboxylic acids is 4. The van der Waals surface area contributed by atoms with Crippen molar-refractivity contribution in [3.63, 3.8) is 0 Å². The summed E-state index contributed by atoms with van der Waals surface area (Å²) in [7, 11) is 2.23. The Morgan fingerprint density at radius 3 is 1.51 bits per heavy atom. The van der Waals surface area contributed by atoms with Gasteiger partial charge in [-0.2, -0.15) is 0 Å².